The summed E-state index contributed by atoms with van der Waals surface area (Å²) in [6, 6.07) is 0.0227. The van der Waals surface area contributed by atoms with Crippen molar-refractivity contribution in [2.45, 2.75) is 25.0 Å². The van der Waals surface area contributed by atoms with Crippen molar-refractivity contribution < 1.29 is 14.3 Å². The minimum atomic E-state index is -0.774. The Kier molecular flexibility index (Phi) is 3.63. The van der Waals surface area contributed by atoms with E-state index in [-0.39, 0.29) is 18.1 Å². The average molecular weight is 320 g/mol. The molecule has 3 N–H and O–H groups in total. The number of ether oxygens (including phenoxy) is 1. The molecule has 0 atom stereocenters. The van der Waals surface area contributed by atoms with Gasteiger partial charge in [-0.3, -0.25) is 4.79 Å². The predicted octanol–water partition coefficient (Wildman–Crippen LogP) is 1.26. The van der Waals surface area contributed by atoms with Gasteiger partial charge < -0.3 is 15.8 Å². The van der Waals surface area contributed by atoms with Crippen LogP contribution in [0.1, 0.15) is 22.6 Å². The maximum Gasteiger partial charge on any atom is 0.404 e. The van der Waals surface area contributed by atoms with Gasteiger partial charge in [-0.25, -0.2) is 9.78 Å². The summed E-state index contributed by atoms with van der Waals surface area (Å²) in [4.78, 5) is 26.1. The lowest BCUT2D eigenvalue weighted by Crippen LogP contribution is -2.48. The number of halogens is 1. The molecule has 1 aromatic heterocycles. The van der Waals surface area contributed by atoms with Gasteiger partial charge in [0, 0.05) is 18.9 Å². The second-order valence-electron chi connectivity index (χ2n) is 3.67. The highest BCUT2D eigenvalue weighted by Crippen LogP contribution is 2.24. The number of rotatable bonds is 3. The molecule has 2 rings (SSSR count). The van der Waals surface area contributed by atoms with Crippen LogP contribution in [0, 0.1) is 0 Å². The number of hydrogen-bond acceptors (Lipinski definition) is 5. The number of thiazole rings is 1. The van der Waals surface area contributed by atoms with Gasteiger partial charge in [0.15, 0.2) is 5.01 Å². The Bertz CT molecular complexity index is 444. The van der Waals surface area contributed by atoms with E-state index in [4.69, 9.17) is 10.5 Å². The van der Waals surface area contributed by atoms with Crippen molar-refractivity contribution in [2.24, 2.45) is 5.73 Å². The van der Waals surface area contributed by atoms with E-state index in [2.05, 4.69) is 26.2 Å². The number of nitrogens with two attached hydrogens (primary N) is 1. The molecule has 0 bridgehead atoms. The first-order chi connectivity index (χ1) is 8.04. The quantitative estimate of drug-likeness (QED) is 0.877. The molecule has 92 valence electrons. The molecule has 8 heteroatoms. The van der Waals surface area contributed by atoms with Crippen molar-refractivity contribution in [2.75, 3.05) is 0 Å². The molecule has 0 aromatic carbocycles. The Hall–Kier alpha value is -1.15. The largest absolute Gasteiger partial charge is 0.446 e. The molecule has 0 aliphatic heterocycles. The summed E-state index contributed by atoms with van der Waals surface area (Å²) >= 11 is 4.51. The molecule has 0 unspecified atom stereocenters. The average Bonchev–Trinajstić information content (AvgIpc) is 2.60. The lowest BCUT2D eigenvalue weighted by Gasteiger charge is -2.34. The van der Waals surface area contributed by atoms with E-state index in [1.54, 1.807) is 6.20 Å². The van der Waals surface area contributed by atoms with E-state index in [1.165, 1.54) is 11.3 Å². The van der Waals surface area contributed by atoms with E-state index in [0.717, 1.165) is 3.79 Å². The van der Waals surface area contributed by atoms with E-state index >= 15 is 0 Å². The Morgan fingerprint density at radius 2 is 2.29 bits per heavy atom. The number of carbonyl (C=O) groups is 2. The van der Waals surface area contributed by atoms with Gasteiger partial charge in [0.2, 0.25) is 0 Å². The summed E-state index contributed by atoms with van der Waals surface area (Å²) in [5.41, 5.74) is 4.88. The highest BCUT2D eigenvalue weighted by Gasteiger charge is 2.33. The fourth-order valence-electron chi connectivity index (χ4n) is 1.55. The van der Waals surface area contributed by atoms with Gasteiger partial charge in [-0.2, -0.15) is 0 Å². The number of nitrogens with one attached hydrogen (secondary N) is 1. The van der Waals surface area contributed by atoms with Gasteiger partial charge in [-0.1, -0.05) is 0 Å². The van der Waals surface area contributed by atoms with Crippen LogP contribution in [0.15, 0.2) is 9.98 Å². The van der Waals surface area contributed by atoms with Crippen molar-refractivity contribution in [3.8, 4) is 0 Å². The molecule has 2 amide bonds. The molecule has 1 saturated carbocycles. The number of nitrogens with zero attached hydrogens (tertiary/aromatic N) is 1. The van der Waals surface area contributed by atoms with Gasteiger partial charge in [0.1, 0.15) is 6.10 Å². The minimum absolute atomic E-state index is 0.0227. The molecule has 1 aromatic rings. The van der Waals surface area contributed by atoms with Gasteiger partial charge >= 0.3 is 6.09 Å². The van der Waals surface area contributed by atoms with Gasteiger partial charge in [-0.05, 0) is 15.9 Å². The summed E-state index contributed by atoms with van der Waals surface area (Å²) in [6.07, 6.45) is 1.83. The SMILES string of the molecule is NC(=O)O[C@H]1C[C@H](NC(=O)c2ncc(Br)s2)C1. The van der Waals surface area contributed by atoms with E-state index in [1.807, 2.05) is 0 Å². The molecular formula is C9H10BrN3O3S. The molecule has 1 aliphatic carbocycles. The Morgan fingerprint density at radius 1 is 1.59 bits per heavy atom. The fraction of sp³-hybridized carbons (Fsp3) is 0.444. The van der Waals surface area contributed by atoms with Gasteiger partial charge in [0.05, 0.1) is 9.98 Å². The standard InChI is InChI=1S/C9H10BrN3O3S/c10-6-3-12-8(17-6)7(14)13-4-1-5(2-4)16-9(11)15/h3-5H,1-2H2,(H2,11,15)(H,13,14)/t4-,5-. The van der Waals surface area contributed by atoms with E-state index in [9.17, 15) is 9.59 Å². The molecule has 6 nitrogen and oxygen atoms in total. The zero-order valence-electron chi connectivity index (χ0n) is 8.68. The second kappa shape index (κ2) is 5.01. The zero-order valence-corrected chi connectivity index (χ0v) is 11.1. The summed E-state index contributed by atoms with van der Waals surface area (Å²) in [5, 5.41) is 3.22. The molecule has 1 fully saturated rings. The molecule has 0 spiro atoms. The molecular weight excluding hydrogens is 310 g/mol. The van der Waals surface area contributed by atoms with Crippen LogP contribution in [0.2, 0.25) is 0 Å². The van der Waals surface area contributed by atoms with Crippen LogP contribution in [-0.2, 0) is 4.74 Å². The number of hydrogen-bond donors (Lipinski definition) is 2. The normalized spacial score (nSPS) is 22.6. The smallest absolute Gasteiger partial charge is 0.404 e. The first kappa shape index (κ1) is 12.3. The first-order valence-corrected chi connectivity index (χ1v) is 6.54. The van der Waals surface area contributed by atoms with Crippen molar-refractivity contribution in [3.05, 3.63) is 15.0 Å². The van der Waals surface area contributed by atoms with E-state index < -0.39 is 6.09 Å². The van der Waals surface area contributed by atoms with Crippen LogP contribution in [0.25, 0.3) is 0 Å². The number of carbonyl (C=O) groups excluding carboxylic acids is 2. The number of primary amides is 1. The third-order valence-corrected chi connectivity index (χ3v) is 3.86. The lowest BCUT2D eigenvalue weighted by molar-refractivity contribution is 0.0363. The summed E-state index contributed by atoms with van der Waals surface area (Å²) in [7, 11) is 0. The zero-order chi connectivity index (χ0) is 12.4. The fourth-order valence-corrected chi connectivity index (χ4v) is 2.66. The molecule has 1 heterocycles. The highest BCUT2D eigenvalue weighted by molar-refractivity contribution is 9.11. The summed E-state index contributed by atoms with van der Waals surface area (Å²) in [6.45, 7) is 0. The van der Waals surface area contributed by atoms with Gasteiger partial charge in [-0.15, -0.1) is 11.3 Å². The van der Waals surface area contributed by atoms with Crippen LogP contribution in [0.3, 0.4) is 0 Å². The van der Waals surface area contributed by atoms with Gasteiger partial charge in [0.25, 0.3) is 5.91 Å². The van der Waals surface area contributed by atoms with Crippen LogP contribution in [0.5, 0.6) is 0 Å². The lowest BCUT2D eigenvalue weighted by atomic mass is 9.89. The van der Waals surface area contributed by atoms with Crippen LogP contribution < -0.4 is 11.1 Å². The van der Waals surface area contributed by atoms with Crippen molar-refractivity contribution in [1.82, 2.24) is 10.3 Å². The Labute approximate surface area is 110 Å². The monoisotopic (exact) mass is 319 g/mol. The molecule has 1 aliphatic rings. The van der Waals surface area contributed by atoms with Crippen molar-refractivity contribution >= 4 is 39.3 Å². The molecule has 17 heavy (non-hydrogen) atoms. The predicted molar refractivity (Wildman–Crippen MR) is 64.8 cm³/mol. The van der Waals surface area contributed by atoms with E-state index in [0.29, 0.717) is 17.8 Å². The highest BCUT2D eigenvalue weighted by atomic mass is 79.9. The third-order valence-electron chi connectivity index (χ3n) is 2.38. The van der Waals surface area contributed by atoms with Crippen LogP contribution in [0.4, 0.5) is 4.79 Å². The second-order valence-corrected chi connectivity index (χ2v) is 6.08. The third kappa shape index (κ3) is 3.16. The van der Waals surface area contributed by atoms with Crippen molar-refractivity contribution in [1.29, 1.82) is 0 Å². The maximum absolute atomic E-state index is 11.7. The van der Waals surface area contributed by atoms with Crippen LogP contribution >= 0.6 is 27.3 Å². The first-order valence-electron chi connectivity index (χ1n) is 4.93. The Balaban J connectivity index is 1.77. The Morgan fingerprint density at radius 3 is 2.82 bits per heavy atom. The summed E-state index contributed by atoms with van der Waals surface area (Å²) < 4.78 is 5.59. The number of aromatic nitrogens is 1. The molecule has 0 radical (unpaired) electrons. The maximum atomic E-state index is 11.7. The molecule has 0 saturated heterocycles. The van der Waals surface area contributed by atoms with Crippen molar-refractivity contribution in [3.63, 3.8) is 0 Å². The number of amides is 2. The van der Waals surface area contributed by atoms with Crippen LogP contribution in [-0.4, -0.2) is 29.1 Å². The summed E-state index contributed by atoms with van der Waals surface area (Å²) in [5.74, 6) is -0.205. The minimum Gasteiger partial charge on any atom is -0.446 e. The topological polar surface area (TPSA) is 94.3 Å².